The molecule has 1 aromatic heterocycles. The van der Waals surface area contributed by atoms with Crippen LogP contribution in [0.3, 0.4) is 0 Å². The number of nitrogens with one attached hydrogen (secondary N) is 2. The molecule has 7 heteroatoms. The van der Waals surface area contributed by atoms with E-state index in [-0.39, 0.29) is 18.2 Å². The minimum Gasteiger partial charge on any atom is -0.324 e. The van der Waals surface area contributed by atoms with Crippen molar-refractivity contribution in [3.05, 3.63) is 71.2 Å². The van der Waals surface area contributed by atoms with Gasteiger partial charge in [-0.3, -0.25) is 9.59 Å². The van der Waals surface area contributed by atoms with Crippen LogP contribution in [0.25, 0.3) is 5.69 Å². The molecule has 134 valence electrons. The number of carbonyl (C=O) groups is 2. The van der Waals surface area contributed by atoms with Crippen molar-refractivity contribution in [3.63, 3.8) is 0 Å². The molecule has 0 radical (unpaired) electrons. The Morgan fingerprint density at radius 1 is 1.11 bits per heavy atom. The maximum atomic E-state index is 13.7. The summed E-state index contributed by atoms with van der Waals surface area (Å²) in [4.78, 5) is 25.6. The zero-order valence-electron chi connectivity index (χ0n) is 14.4. The number of hydrogen-bond donors (Lipinski definition) is 2. The zero-order valence-corrected chi connectivity index (χ0v) is 14.4. The molecule has 0 saturated heterocycles. The van der Waals surface area contributed by atoms with Gasteiger partial charge in [0.1, 0.15) is 17.1 Å². The third-order valence-electron chi connectivity index (χ3n) is 5.32. The molecule has 27 heavy (non-hydrogen) atoms. The lowest BCUT2D eigenvalue weighted by Gasteiger charge is -2.31. The Bertz CT molecular complexity index is 1140. The average Bonchev–Trinajstić information content (AvgIpc) is 3.17. The van der Waals surface area contributed by atoms with Gasteiger partial charge in [-0.25, -0.2) is 9.07 Å². The summed E-state index contributed by atoms with van der Waals surface area (Å²) in [5.41, 5.74) is 2.38. The molecule has 2 amide bonds. The summed E-state index contributed by atoms with van der Waals surface area (Å²) in [6.07, 6.45) is 1.58. The molecule has 2 N–H and O–H groups in total. The highest BCUT2D eigenvalue weighted by molar-refractivity contribution is 6.15. The SMILES string of the molecule is Cc1cccc2c1NC(=O)[C@@]21CC(=O)Nc2c1cnn2-c1cccc(F)c1. The molecule has 2 aliphatic rings. The number of rotatable bonds is 1. The second-order valence-electron chi connectivity index (χ2n) is 6.88. The first-order valence-corrected chi connectivity index (χ1v) is 8.56. The number of benzene rings is 2. The number of aryl methyl sites for hydroxylation is 1. The van der Waals surface area contributed by atoms with E-state index in [1.807, 2.05) is 25.1 Å². The van der Waals surface area contributed by atoms with Gasteiger partial charge in [0, 0.05) is 17.7 Å². The highest BCUT2D eigenvalue weighted by Crippen LogP contribution is 2.50. The van der Waals surface area contributed by atoms with E-state index in [4.69, 9.17) is 0 Å². The van der Waals surface area contributed by atoms with Crippen molar-refractivity contribution < 1.29 is 14.0 Å². The number of aromatic nitrogens is 2. The van der Waals surface area contributed by atoms with Crippen molar-refractivity contribution in [1.82, 2.24) is 9.78 Å². The fourth-order valence-electron chi connectivity index (χ4n) is 4.07. The summed E-state index contributed by atoms with van der Waals surface area (Å²) in [5, 5.41) is 10.1. The van der Waals surface area contributed by atoms with Gasteiger partial charge in [0.15, 0.2) is 0 Å². The topological polar surface area (TPSA) is 76.0 Å². The molecule has 2 aliphatic heterocycles. The van der Waals surface area contributed by atoms with Crippen molar-refractivity contribution >= 4 is 23.3 Å². The minimum atomic E-state index is -1.13. The third kappa shape index (κ3) is 2.02. The van der Waals surface area contributed by atoms with Gasteiger partial charge in [0.2, 0.25) is 11.8 Å². The number of nitrogens with zero attached hydrogens (tertiary/aromatic N) is 2. The molecule has 2 aromatic carbocycles. The van der Waals surface area contributed by atoms with E-state index in [2.05, 4.69) is 15.7 Å². The van der Waals surface area contributed by atoms with Crippen LogP contribution >= 0.6 is 0 Å². The number of halogens is 1. The summed E-state index contributed by atoms with van der Waals surface area (Å²) < 4.78 is 15.1. The number of fused-ring (bicyclic) bond motifs is 4. The minimum absolute atomic E-state index is 0.00285. The fraction of sp³-hybridized carbons (Fsp3) is 0.150. The number of hydrogen-bond acceptors (Lipinski definition) is 3. The van der Waals surface area contributed by atoms with Crippen LogP contribution in [0.4, 0.5) is 15.9 Å². The van der Waals surface area contributed by atoms with E-state index < -0.39 is 11.2 Å². The quantitative estimate of drug-likeness (QED) is 0.699. The predicted octanol–water partition coefficient (Wildman–Crippen LogP) is 2.90. The molecular weight excluding hydrogens is 347 g/mol. The van der Waals surface area contributed by atoms with E-state index in [9.17, 15) is 14.0 Å². The van der Waals surface area contributed by atoms with Crippen molar-refractivity contribution in [2.75, 3.05) is 10.6 Å². The van der Waals surface area contributed by atoms with E-state index in [1.54, 1.807) is 18.3 Å². The lowest BCUT2D eigenvalue weighted by Crippen LogP contribution is -2.43. The monoisotopic (exact) mass is 362 g/mol. The summed E-state index contributed by atoms with van der Waals surface area (Å²) in [5.74, 6) is -0.554. The lowest BCUT2D eigenvalue weighted by molar-refractivity contribution is -0.125. The average molecular weight is 362 g/mol. The number of amides is 2. The van der Waals surface area contributed by atoms with Crippen molar-refractivity contribution in [2.24, 2.45) is 0 Å². The molecule has 0 bridgehead atoms. The highest BCUT2D eigenvalue weighted by Gasteiger charge is 2.54. The molecule has 6 nitrogen and oxygen atoms in total. The molecule has 0 saturated carbocycles. The Morgan fingerprint density at radius 2 is 1.93 bits per heavy atom. The van der Waals surface area contributed by atoms with Crippen LogP contribution in [0.1, 0.15) is 23.1 Å². The fourth-order valence-corrected chi connectivity index (χ4v) is 4.07. The molecule has 0 unspecified atom stereocenters. The van der Waals surface area contributed by atoms with Crippen LogP contribution in [0.5, 0.6) is 0 Å². The standard InChI is InChI=1S/C20H15FN4O2/c1-11-4-2-7-14-17(11)24-19(27)20(14)9-16(26)23-18-15(20)10-22-25(18)13-6-3-5-12(21)8-13/h2-8,10H,9H2,1H3,(H,23,26)(H,24,27)/t20-/m0/s1. The third-order valence-corrected chi connectivity index (χ3v) is 5.32. The molecule has 1 atom stereocenters. The molecule has 3 aromatic rings. The van der Waals surface area contributed by atoms with Gasteiger partial charge in [0.05, 0.1) is 11.9 Å². The first-order valence-electron chi connectivity index (χ1n) is 8.56. The molecule has 0 fully saturated rings. The zero-order chi connectivity index (χ0) is 18.8. The van der Waals surface area contributed by atoms with Crippen LogP contribution in [0.2, 0.25) is 0 Å². The van der Waals surface area contributed by atoms with Crippen LogP contribution in [0, 0.1) is 12.7 Å². The van der Waals surface area contributed by atoms with Gasteiger partial charge in [-0.05, 0) is 36.2 Å². The molecule has 3 heterocycles. The number of anilines is 2. The maximum Gasteiger partial charge on any atom is 0.240 e. The van der Waals surface area contributed by atoms with Crippen LogP contribution in [-0.4, -0.2) is 21.6 Å². The Morgan fingerprint density at radius 3 is 2.74 bits per heavy atom. The number of para-hydroxylation sites is 1. The van der Waals surface area contributed by atoms with Gasteiger partial charge >= 0.3 is 0 Å². The summed E-state index contributed by atoms with van der Waals surface area (Å²) in [6.45, 7) is 1.91. The van der Waals surface area contributed by atoms with Gasteiger partial charge in [-0.1, -0.05) is 24.3 Å². The van der Waals surface area contributed by atoms with Crippen molar-refractivity contribution in [1.29, 1.82) is 0 Å². The van der Waals surface area contributed by atoms with Crippen LogP contribution in [0.15, 0.2) is 48.7 Å². The molecular formula is C20H15FN4O2. The summed E-state index contributed by atoms with van der Waals surface area (Å²) in [7, 11) is 0. The van der Waals surface area contributed by atoms with Gasteiger partial charge in [-0.15, -0.1) is 0 Å². The second-order valence-corrected chi connectivity index (χ2v) is 6.88. The Kier molecular flexibility index (Phi) is 3.07. The van der Waals surface area contributed by atoms with E-state index in [1.165, 1.54) is 16.8 Å². The highest BCUT2D eigenvalue weighted by atomic mass is 19.1. The maximum absolute atomic E-state index is 13.7. The van der Waals surface area contributed by atoms with Crippen molar-refractivity contribution in [2.45, 2.75) is 18.8 Å². The predicted molar refractivity (Wildman–Crippen MR) is 97.4 cm³/mol. The molecule has 0 aliphatic carbocycles. The molecule has 5 rings (SSSR count). The Balaban J connectivity index is 1.78. The molecule has 1 spiro atoms. The van der Waals surface area contributed by atoms with Crippen LogP contribution in [-0.2, 0) is 15.0 Å². The smallest absolute Gasteiger partial charge is 0.240 e. The van der Waals surface area contributed by atoms with Gasteiger partial charge < -0.3 is 10.6 Å². The lowest BCUT2D eigenvalue weighted by atomic mass is 9.71. The van der Waals surface area contributed by atoms with E-state index in [0.717, 1.165) is 16.8 Å². The summed E-state index contributed by atoms with van der Waals surface area (Å²) >= 11 is 0. The summed E-state index contributed by atoms with van der Waals surface area (Å²) in [6, 6.07) is 11.6. The Hall–Kier alpha value is -3.48. The Labute approximate surface area is 154 Å². The van der Waals surface area contributed by atoms with Gasteiger partial charge in [0.25, 0.3) is 0 Å². The number of carbonyl (C=O) groups excluding carboxylic acids is 2. The van der Waals surface area contributed by atoms with E-state index in [0.29, 0.717) is 17.1 Å². The first-order chi connectivity index (χ1) is 13.0. The largest absolute Gasteiger partial charge is 0.324 e. The second kappa shape index (κ2) is 5.26. The van der Waals surface area contributed by atoms with Crippen LogP contribution < -0.4 is 10.6 Å². The van der Waals surface area contributed by atoms with E-state index >= 15 is 0 Å². The van der Waals surface area contributed by atoms with Crippen molar-refractivity contribution in [3.8, 4) is 5.69 Å². The normalized spacial score (nSPS) is 20.2. The first kappa shape index (κ1) is 15.7. The van der Waals surface area contributed by atoms with Gasteiger partial charge in [-0.2, -0.15) is 5.10 Å².